The van der Waals surface area contributed by atoms with Gasteiger partial charge in [0, 0.05) is 38.6 Å². The summed E-state index contributed by atoms with van der Waals surface area (Å²) in [6.07, 6.45) is 5.80. The van der Waals surface area contributed by atoms with E-state index in [9.17, 15) is 4.79 Å². The molecule has 1 atom stereocenters. The summed E-state index contributed by atoms with van der Waals surface area (Å²) in [7, 11) is 0. The number of aromatic nitrogens is 6. The van der Waals surface area contributed by atoms with Crippen LogP contribution in [0.1, 0.15) is 18.0 Å². The monoisotopic (exact) mass is 364 g/mol. The summed E-state index contributed by atoms with van der Waals surface area (Å²) in [5.74, 6) is 0.691. The molecule has 1 amide bonds. The third-order valence-electron chi connectivity index (χ3n) is 4.62. The van der Waals surface area contributed by atoms with Crippen LogP contribution in [0.2, 0.25) is 0 Å². The number of amides is 1. The Morgan fingerprint density at radius 2 is 1.78 bits per heavy atom. The fourth-order valence-electron chi connectivity index (χ4n) is 3.30. The van der Waals surface area contributed by atoms with Gasteiger partial charge in [-0.25, -0.2) is 14.6 Å². The van der Waals surface area contributed by atoms with Crippen molar-refractivity contribution in [1.82, 2.24) is 35.1 Å². The molecule has 1 aromatic carbocycles. The van der Waals surface area contributed by atoms with E-state index in [1.165, 1.54) is 11.0 Å². The molecule has 1 unspecified atom stereocenters. The van der Waals surface area contributed by atoms with E-state index in [1.807, 2.05) is 35.2 Å². The number of tetrazole rings is 1. The largest absolute Gasteiger partial charge is 0.339 e. The van der Waals surface area contributed by atoms with Crippen LogP contribution in [0.4, 0.5) is 5.95 Å². The Morgan fingerprint density at radius 3 is 2.52 bits per heavy atom. The first-order chi connectivity index (χ1) is 13.3. The minimum absolute atomic E-state index is 0.00988. The van der Waals surface area contributed by atoms with Crippen molar-refractivity contribution < 1.29 is 4.79 Å². The second-order valence-electron chi connectivity index (χ2n) is 6.32. The van der Waals surface area contributed by atoms with E-state index in [1.54, 1.807) is 18.5 Å². The molecule has 1 fully saturated rings. The predicted octanol–water partition coefficient (Wildman–Crippen LogP) is 0.791. The zero-order valence-electron chi connectivity index (χ0n) is 14.8. The van der Waals surface area contributed by atoms with Crippen LogP contribution < -0.4 is 4.90 Å². The van der Waals surface area contributed by atoms with Crippen LogP contribution in [0.25, 0.3) is 0 Å². The lowest BCUT2D eigenvalue weighted by molar-refractivity contribution is -0.133. The van der Waals surface area contributed by atoms with Gasteiger partial charge in [-0.2, -0.15) is 0 Å². The van der Waals surface area contributed by atoms with Crippen LogP contribution in [0.5, 0.6) is 0 Å². The van der Waals surface area contributed by atoms with Crippen LogP contribution in [-0.2, 0) is 4.79 Å². The Morgan fingerprint density at radius 1 is 0.963 bits per heavy atom. The molecular weight excluding hydrogens is 344 g/mol. The van der Waals surface area contributed by atoms with E-state index in [-0.39, 0.29) is 5.91 Å². The molecule has 0 spiro atoms. The molecule has 0 N–H and O–H groups in total. The fourth-order valence-corrected chi connectivity index (χ4v) is 3.30. The summed E-state index contributed by atoms with van der Waals surface area (Å²) in [4.78, 5) is 26.0. The van der Waals surface area contributed by atoms with Gasteiger partial charge >= 0.3 is 0 Å². The van der Waals surface area contributed by atoms with E-state index in [2.05, 4.69) is 30.4 Å². The molecule has 1 saturated heterocycles. The van der Waals surface area contributed by atoms with Gasteiger partial charge in [-0.1, -0.05) is 30.3 Å². The number of carbonyl (C=O) groups is 1. The molecule has 1 aliphatic heterocycles. The maximum atomic E-state index is 13.4. The van der Waals surface area contributed by atoms with Crippen LogP contribution >= 0.6 is 0 Å². The molecule has 0 saturated carbocycles. The zero-order chi connectivity index (χ0) is 18.5. The molecular formula is C18H20N8O. The Bertz CT molecular complexity index is 856. The number of hydrogen-bond acceptors (Lipinski definition) is 7. The quantitative estimate of drug-likeness (QED) is 0.676. The van der Waals surface area contributed by atoms with Crippen molar-refractivity contribution in [2.75, 3.05) is 31.1 Å². The van der Waals surface area contributed by atoms with Crippen molar-refractivity contribution in [3.8, 4) is 0 Å². The Kier molecular flexibility index (Phi) is 4.99. The predicted molar refractivity (Wildman–Crippen MR) is 97.8 cm³/mol. The summed E-state index contributed by atoms with van der Waals surface area (Å²) >= 11 is 0. The van der Waals surface area contributed by atoms with Crippen LogP contribution in [0, 0.1) is 0 Å². The number of nitrogens with zero attached hydrogens (tertiary/aromatic N) is 8. The average molecular weight is 364 g/mol. The van der Waals surface area contributed by atoms with Gasteiger partial charge < -0.3 is 9.80 Å². The number of anilines is 1. The van der Waals surface area contributed by atoms with Gasteiger partial charge in [-0.15, -0.1) is 5.10 Å². The van der Waals surface area contributed by atoms with Crippen molar-refractivity contribution in [2.45, 2.75) is 12.5 Å². The highest BCUT2D eigenvalue weighted by atomic mass is 16.2. The van der Waals surface area contributed by atoms with E-state index >= 15 is 0 Å². The van der Waals surface area contributed by atoms with Gasteiger partial charge in [0.25, 0.3) is 5.91 Å². The van der Waals surface area contributed by atoms with E-state index < -0.39 is 6.04 Å². The maximum absolute atomic E-state index is 13.4. The summed E-state index contributed by atoms with van der Waals surface area (Å²) in [5.41, 5.74) is 0.863. The summed E-state index contributed by atoms with van der Waals surface area (Å²) in [6.45, 7) is 2.78. The molecule has 0 bridgehead atoms. The van der Waals surface area contributed by atoms with Crippen molar-refractivity contribution in [1.29, 1.82) is 0 Å². The molecule has 0 radical (unpaired) electrons. The summed E-state index contributed by atoms with van der Waals surface area (Å²) in [5, 5.41) is 11.4. The third-order valence-corrected chi connectivity index (χ3v) is 4.62. The minimum atomic E-state index is -0.569. The molecule has 1 aliphatic rings. The molecule has 3 heterocycles. The van der Waals surface area contributed by atoms with Crippen LogP contribution in [0.15, 0.2) is 55.1 Å². The molecule has 2 aromatic heterocycles. The zero-order valence-corrected chi connectivity index (χ0v) is 14.8. The van der Waals surface area contributed by atoms with Crippen molar-refractivity contribution >= 4 is 11.9 Å². The van der Waals surface area contributed by atoms with Crippen molar-refractivity contribution in [2.24, 2.45) is 0 Å². The average Bonchev–Trinajstić information content (AvgIpc) is 3.12. The highest BCUT2D eigenvalue weighted by Crippen LogP contribution is 2.21. The second-order valence-corrected chi connectivity index (χ2v) is 6.32. The highest BCUT2D eigenvalue weighted by molar-refractivity contribution is 5.83. The second kappa shape index (κ2) is 7.90. The molecule has 9 nitrogen and oxygen atoms in total. The first-order valence-electron chi connectivity index (χ1n) is 8.91. The Balaban J connectivity index is 1.54. The molecule has 138 valence electrons. The topological polar surface area (TPSA) is 92.9 Å². The third kappa shape index (κ3) is 3.76. The van der Waals surface area contributed by atoms with Gasteiger partial charge in [0.2, 0.25) is 5.95 Å². The molecule has 0 aliphatic carbocycles. The van der Waals surface area contributed by atoms with Gasteiger partial charge in [-0.05, 0) is 28.5 Å². The molecule has 27 heavy (non-hydrogen) atoms. The number of benzene rings is 1. The van der Waals surface area contributed by atoms with Crippen LogP contribution in [0.3, 0.4) is 0 Å². The van der Waals surface area contributed by atoms with Gasteiger partial charge in [0.1, 0.15) is 6.33 Å². The standard InChI is InChI=1S/C18H20N8O/c27-17(16(26-14-21-22-23-26)15-6-2-1-3-7-15)24-10-5-11-25(13-12-24)18-19-8-4-9-20-18/h1-4,6-9,14,16H,5,10-13H2. The SMILES string of the molecule is O=C(C(c1ccccc1)n1cnnn1)N1CCCN(c2ncccn2)CC1. The van der Waals surface area contributed by atoms with Gasteiger partial charge in [0.15, 0.2) is 6.04 Å². The van der Waals surface area contributed by atoms with Crippen LogP contribution in [-0.4, -0.2) is 67.2 Å². The smallest absolute Gasteiger partial charge is 0.252 e. The number of rotatable bonds is 4. The molecule has 4 rings (SSSR count). The maximum Gasteiger partial charge on any atom is 0.252 e. The van der Waals surface area contributed by atoms with E-state index in [0.717, 1.165) is 18.5 Å². The lowest BCUT2D eigenvalue weighted by Gasteiger charge is -2.26. The van der Waals surface area contributed by atoms with E-state index in [4.69, 9.17) is 0 Å². The normalized spacial score (nSPS) is 16.0. The lowest BCUT2D eigenvalue weighted by Crippen LogP contribution is -2.40. The lowest BCUT2D eigenvalue weighted by atomic mass is 10.1. The first kappa shape index (κ1) is 17.1. The Hall–Kier alpha value is -3.36. The first-order valence-corrected chi connectivity index (χ1v) is 8.91. The number of hydrogen-bond donors (Lipinski definition) is 0. The Labute approximate surface area is 156 Å². The molecule has 3 aromatic rings. The minimum Gasteiger partial charge on any atom is -0.339 e. The van der Waals surface area contributed by atoms with E-state index in [0.29, 0.717) is 25.6 Å². The summed E-state index contributed by atoms with van der Waals surface area (Å²) in [6, 6.07) is 10.8. The molecule has 9 heteroatoms. The van der Waals surface area contributed by atoms with Gasteiger partial charge in [0.05, 0.1) is 0 Å². The van der Waals surface area contributed by atoms with Gasteiger partial charge in [-0.3, -0.25) is 4.79 Å². The number of carbonyl (C=O) groups excluding carboxylic acids is 1. The van der Waals surface area contributed by atoms with Crippen molar-refractivity contribution in [3.05, 3.63) is 60.7 Å². The van der Waals surface area contributed by atoms with Crippen molar-refractivity contribution in [3.63, 3.8) is 0 Å². The highest BCUT2D eigenvalue weighted by Gasteiger charge is 2.30. The summed E-state index contributed by atoms with van der Waals surface area (Å²) < 4.78 is 1.51. The fraction of sp³-hybridized carbons (Fsp3) is 0.333.